The highest BCUT2D eigenvalue weighted by atomic mass is 16.5. The van der Waals surface area contributed by atoms with Gasteiger partial charge in [0.2, 0.25) is 0 Å². The molecular formula is C10H22O2. The van der Waals surface area contributed by atoms with Crippen molar-refractivity contribution in [2.75, 3.05) is 20.8 Å². The maximum absolute atomic E-state index is 5.27. The third-order valence-corrected chi connectivity index (χ3v) is 2.16. The molecule has 1 unspecified atom stereocenters. The molecule has 2 nitrogen and oxygen atoms in total. The average Bonchev–Trinajstić information content (AvgIpc) is 2.11. The standard InChI is InChI=1S/C10H22O2/c1-4-10(12-3)8-6-5-7-9-11-2/h10H,4-9H2,1-3H3. The molecule has 0 aliphatic carbocycles. The van der Waals surface area contributed by atoms with Gasteiger partial charge < -0.3 is 9.47 Å². The molecule has 0 aliphatic heterocycles. The number of ether oxygens (including phenoxy) is 2. The van der Waals surface area contributed by atoms with Crippen molar-refractivity contribution in [2.24, 2.45) is 0 Å². The summed E-state index contributed by atoms with van der Waals surface area (Å²) in [7, 11) is 3.55. The number of rotatable bonds is 8. The number of methoxy groups -OCH3 is 2. The molecule has 0 aromatic carbocycles. The minimum Gasteiger partial charge on any atom is -0.385 e. The van der Waals surface area contributed by atoms with E-state index in [1.807, 2.05) is 0 Å². The Morgan fingerprint density at radius 2 is 1.83 bits per heavy atom. The van der Waals surface area contributed by atoms with Crippen molar-refractivity contribution in [2.45, 2.75) is 45.1 Å². The van der Waals surface area contributed by atoms with Crippen LogP contribution < -0.4 is 0 Å². The third-order valence-electron chi connectivity index (χ3n) is 2.16. The van der Waals surface area contributed by atoms with Crippen LogP contribution in [0.3, 0.4) is 0 Å². The SMILES string of the molecule is CCC(CCCCCOC)OC. The van der Waals surface area contributed by atoms with Crippen molar-refractivity contribution < 1.29 is 9.47 Å². The first-order valence-electron chi connectivity index (χ1n) is 4.86. The molecule has 0 radical (unpaired) electrons. The molecule has 12 heavy (non-hydrogen) atoms. The Bertz CT molecular complexity index is 79.9. The molecule has 0 N–H and O–H groups in total. The van der Waals surface area contributed by atoms with Gasteiger partial charge in [0.1, 0.15) is 0 Å². The number of unbranched alkanes of at least 4 members (excludes halogenated alkanes) is 2. The Labute approximate surface area is 76.3 Å². The molecule has 0 saturated carbocycles. The molecule has 0 heterocycles. The summed E-state index contributed by atoms with van der Waals surface area (Å²) >= 11 is 0. The van der Waals surface area contributed by atoms with Crippen LogP contribution in [0.1, 0.15) is 39.0 Å². The van der Waals surface area contributed by atoms with Gasteiger partial charge in [-0.05, 0) is 19.3 Å². The van der Waals surface area contributed by atoms with E-state index in [0.717, 1.165) is 13.0 Å². The van der Waals surface area contributed by atoms with Gasteiger partial charge in [-0.25, -0.2) is 0 Å². The summed E-state index contributed by atoms with van der Waals surface area (Å²) in [6.45, 7) is 3.06. The van der Waals surface area contributed by atoms with Crippen molar-refractivity contribution in [3.63, 3.8) is 0 Å². The zero-order valence-corrected chi connectivity index (χ0v) is 8.64. The highest BCUT2D eigenvalue weighted by Crippen LogP contribution is 2.08. The van der Waals surface area contributed by atoms with Crippen molar-refractivity contribution in [3.05, 3.63) is 0 Å². The van der Waals surface area contributed by atoms with Crippen LogP contribution in [0.25, 0.3) is 0 Å². The minimum atomic E-state index is 0.465. The van der Waals surface area contributed by atoms with Gasteiger partial charge in [-0.15, -0.1) is 0 Å². The third kappa shape index (κ3) is 6.62. The van der Waals surface area contributed by atoms with E-state index < -0.39 is 0 Å². The molecule has 0 bridgehead atoms. The lowest BCUT2D eigenvalue weighted by Gasteiger charge is -2.11. The first-order chi connectivity index (χ1) is 5.85. The monoisotopic (exact) mass is 174 g/mol. The predicted octanol–water partition coefficient (Wildman–Crippen LogP) is 2.62. The highest BCUT2D eigenvalue weighted by Gasteiger charge is 2.02. The van der Waals surface area contributed by atoms with Gasteiger partial charge in [-0.2, -0.15) is 0 Å². The fourth-order valence-corrected chi connectivity index (χ4v) is 1.28. The van der Waals surface area contributed by atoms with Crippen LogP contribution in [0.15, 0.2) is 0 Å². The van der Waals surface area contributed by atoms with E-state index in [4.69, 9.17) is 9.47 Å². The Kier molecular flexibility index (Phi) is 8.95. The van der Waals surface area contributed by atoms with E-state index >= 15 is 0 Å². The van der Waals surface area contributed by atoms with Gasteiger partial charge >= 0.3 is 0 Å². The zero-order chi connectivity index (χ0) is 9.23. The Balaban J connectivity index is 3.06. The summed E-state index contributed by atoms with van der Waals surface area (Å²) in [6, 6.07) is 0. The Morgan fingerprint density at radius 1 is 1.08 bits per heavy atom. The summed E-state index contributed by atoms with van der Waals surface area (Å²) in [5, 5.41) is 0. The van der Waals surface area contributed by atoms with E-state index in [9.17, 15) is 0 Å². The minimum absolute atomic E-state index is 0.465. The molecule has 0 fully saturated rings. The van der Waals surface area contributed by atoms with Gasteiger partial charge in [0, 0.05) is 20.8 Å². The quantitative estimate of drug-likeness (QED) is 0.527. The van der Waals surface area contributed by atoms with Gasteiger partial charge in [-0.3, -0.25) is 0 Å². The lowest BCUT2D eigenvalue weighted by atomic mass is 10.1. The highest BCUT2D eigenvalue weighted by molar-refractivity contribution is 4.54. The molecule has 0 aliphatic rings. The topological polar surface area (TPSA) is 18.5 Å². The van der Waals surface area contributed by atoms with E-state index in [1.165, 1.54) is 25.7 Å². The second kappa shape index (κ2) is 9.01. The van der Waals surface area contributed by atoms with Crippen LogP contribution in [0.2, 0.25) is 0 Å². The van der Waals surface area contributed by atoms with Crippen molar-refractivity contribution in [1.29, 1.82) is 0 Å². The molecule has 2 heteroatoms. The summed E-state index contributed by atoms with van der Waals surface area (Å²) < 4.78 is 10.2. The van der Waals surface area contributed by atoms with Gasteiger partial charge in [0.05, 0.1) is 6.10 Å². The molecule has 0 rings (SSSR count). The Morgan fingerprint density at radius 3 is 2.33 bits per heavy atom. The van der Waals surface area contributed by atoms with Crippen LogP contribution in [0.4, 0.5) is 0 Å². The smallest absolute Gasteiger partial charge is 0.0568 e. The molecule has 0 saturated heterocycles. The van der Waals surface area contributed by atoms with Gasteiger partial charge in [0.25, 0.3) is 0 Å². The Hall–Kier alpha value is -0.0800. The zero-order valence-electron chi connectivity index (χ0n) is 8.64. The maximum atomic E-state index is 5.27. The molecule has 0 spiro atoms. The summed E-state index contributed by atoms with van der Waals surface area (Å²) in [4.78, 5) is 0. The van der Waals surface area contributed by atoms with Crippen LogP contribution in [0.5, 0.6) is 0 Å². The van der Waals surface area contributed by atoms with E-state index in [-0.39, 0.29) is 0 Å². The average molecular weight is 174 g/mol. The predicted molar refractivity (Wildman–Crippen MR) is 51.4 cm³/mol. The molecule has 0 amide bonds. The largest absolute Gasteiger partial charge is 0.385 e. The van der Waals surface area contributed by atoms with Gasteiger partial charge in [0.15, 0.2) is 0 Å². The molecule has 0 aromatic heterocycles. The summed E-state index contributed by atoms with van der Waals surface area (Å²) in [5.41, 5.74) is 0. The van der Waals surface area contributed by atoms with Gasteiger partial charge in [-0.1, -0.05) is 19.8 Å². The molecular weight excluding hydrogens is 152 g/mol. The fraction of sp³-hybridized carbons (Fsp3) is 1.00. The lowest BCUT2D eigenvalue weighted by molar-refractivity contribution is 0.0889. The summed E-state index contributed by atoms with van der Waals surface area (Å²) in [6.07, 6.45) is 6.48. The van der Waals surface area contributed by atoms with Crippen LogP contribution in [-0.2, 0) is 9.47 Å². The van der Waals surface area contributed by atoms with Crippen molar-refractivity contribution >= 4 is 0 Å². The van der Waals surface area contributed by atoms with Crippen LogP contribution in [-0.4, -0.2) is 26.9 Å². The molecule has 74 valence electrons. The first kappa shape index (κ1) is 11.9. The summed E-state index contributed by atoms with van der Waals surface area (Å²) in [5.74, 6) is 0. The number of hydrogen-bond donors (Lipinski definition) is 0. The second-order valence-electron chi connectivity index (χ2n) is 3.11. The van der Waals surface area contributed by atoms with Crippen LogP contribution >= 0.6 is 0 Å². The molecule has 1 atom stereocenters. The van der Waals surface area contributed by atoms with Crippen LogP contribution in [0, 0.1) is 0 Å². The first-order valence-corrected chi connectivity index (χ1v) is 4.86. The second-order valence-corrected chi connectivity index (χ2v) is 3.11. The maximum Gasteiger partial charge on any atom is 0.0568 e. The fourth-order valence-electron chi connectivity index (χ4n) is 1.28. The van der Waals surface area contributed by atoms with E-state index in [1.54, 1.807) is 14.2 Å². The van der Waals surface area contributed by atoms with E-state index in [2.05, 4.69) is 6.92 Å². The molecule has 0 aromatic rings. The van der Waals surface area contributed by atoms with Crippen molar-refractivity contribution in [3.8, 4) is 0 Å². The van der Waals surface area contributed by atoms with E-state index in [0.29, 0.717) is 6.10 Å². The van der Waals surface area contributed by atoms with Crippen molar-refractivity contribution in [1.82, 2.24) is 0 Å². The lowest BCUT2D eigenvalue weighted by Crippen LogP contribution is -2.08. The number of hydrogen-bond acceptors (Lipinski definition) is 2. The normalized spacial score (nSPS) is 13.2.